The summed E-state index contributed by atoms with van der Waals surface area (Å²) in [5.74, 6) is -0.274. The van der Waals surface area contributed by atoms with Crippen LogP contribution in [-0.4, -0.2) is 29.5 Å². The normalized spacial score (nSPS) is 11.3. The summed E-state index contributed by atoms with van der Waals surface area (Å²) in [5, 5.41) is 23.4. The zero-order chi connectivity index (χ0) is 19.6. The number of carbonyl (C=O) groups excluding carboxylic acids is 2. The average Bonchev–Trinajstić information content (AvgIpc) is 2.69. The van der Waals surface area contributed by atoms with Crippen molar-refractivity contribution >= 4 is 23.4 Å². The van der Waals surface area contributed by atoms with Crippen LogP contribution in [0.25, 0.3) is 0 Å². The Kier molecular flexibility index (Phi) is 7.65. The number of aromatic hydroxyl groups is 1. The Morgan fingerprint density at radius 3 is 2.30 bits per heavy atom. The van der Waals surface area contributed by atoms with E-state index in [2.05, 4.69) is 10.6 Å². The maximum Gasteiger partial charge on any atom is 0.251 e. The zero-order valence-electron chi connectivity index (χ0n) is 14.6. The number of amides is 2. The number of halogens is 1. The van der Waals surface area contributed by atoms with Crippen molar-refractivity contribution in [2.45, 2.75) is 24.8 Å². The third kappa shape index (κ3) is 6.32. The van der Waals surface area contributed by atoms with Crippen molar-refractivity contribution in [3.8, 4) is 11.8 Å². The van der Waals surface area contributed by atoms with Gasteiger partial charge in [-0.3, -0.25) is 9.59 Å². The number of carbonyl (C=O) groups is 2. The molecule has 1 atom stereocenters. The molecule has 0 aliphatic rings. The third-order valence-electron chi connectivity index (χ3n) is 3.90. The Morgan fingerprint density at radius 1 is 1.07 bits per heavy atom. The maximum absolute atomic E-state index is 12.5. The summed E-state index contributed by atoms with van der Waals surface area (Å²) in [6.45, 7) is 0.210. The summed E-state index contributed by atoms with van der Waals surface area (Å²) in [6.07, 6.45) is 0.440. The van der Waals surface area contributed by atoms with Crippen LogP contribution in [-0.2, 0) is 17.1 Å². The molecule has 0 heterocycles. The second kappa shape index (κ2) is 10.2. The Hall–Kier alpha value is -3.04. The molecule has 0 fully saturated rings. The van der Waals surface area contributed by atoms with Gasteiger partial charge >= 0.3 is 0 Å². The van der Waals surface area contributed by atoms with Gasteiger partial charge in [0, 0.05) is 24.4 Å². The van der Waals surface area contributed by atoms with Crippen LogP contribution in [0.2, 0.25) is 0 Å². The number of phenols is 1. The summed E-state index contributed by atoms with van der Waals surface area (Å²) in [4.78, 5) is 25.0. The molecular weight excluding hydrogens is 366 g/mol. The van der Waals surface area contributed by atoms with Gasteiger partial charge in [0.15, 0.2) is 0 Å². The molecule has 2 aromatic carbocycles. The van der Waals surface area contributed by atoms with Crippen molar-refractivity contribution in [2.75, 3.05) is 6.54 Å². The second-order valence-electron chi connectivity index (χ2n) is 5.93. The molecule has 7 heteroatoms. The van der Waals surface area contributed by atoms with Gasteiger partial charge in [0.2, 0.25) is 5.91 Å². The predicted octanol–water partition coefficient (Wildman–Crippen LogP) is 2.50. The summed E-state index contributed by atoms with van der Waals surface area (Å²) in [6, 6.07) is 14.4. The number of hydrogen-bond acceptors (Lipinski definition) is 4. The van der Waals surface area contributed by atoms with E-state index in [0.717, 1.165) is 11.1 Å². The Morgan fingerprint density at radius 2 is 1.70 bits per heavy atom. The highest BCUT2D eigenvalue weighted by Gasteiger charge is 2.21. The molecule has 0 saturated heterocycles. The first-order chi connectivity index (χ1) is 13.0. The summed E-state index contributed by atoms with van der Waals surface area (Å²) < 4.78 is 0. The molecule has 0 saturated carbocycles. The molecule has 0 spiro atoms. The van der Waals surface area contributed by atoms with Crippen molar-refractivity contribution in [3.63, 3.8) is 0 Å². The Labute approximate surface area is 162 Å². The number of hydrogen-bond donors (Lipinski definition) is 3. The van der Waals surface area contributed by atoms with Crippen molar-refractivity contribution in [2.24, 2.45) is 0 Å². The van der Waals surface area contributed by atoms with E-state index in [4.69, 9.17) is 16.9 Å². The molecule has 0 aliphatic heterocycles. The van der Waals surface area contributed by atoms with Crippen LogP contribution < -0.4 is 10.6 Å². The number of phenolic OH excluding ortho intramolecular Hbond substituents is 1. The molecule has 0 radical (unpaired) electrons. The van der Waals surface area contributed by atoms with Gasteiger partial charge in [0.05, 0.1) is 12.5 Å². The van der Waals surface area contributed by atoms with E-state index in [0.29, 0.717) is 11.4 Å². The number of nitriles is 1. The highest BCUT2D eigenvalue weighted by molar-refractivity contribution is 6.17. The molecule has 2 amide bonds. The molecule has 6 nitrogen and oxygen atoms in total. The van der Waals surface area contributed by atoms with Crippen LogP contribution in [0.3, 0.4) is 0 Å². The lowest BCUT2D eigenvalue weighted by molar-refractivity contribution is -0.122. The third-order valence-corrected chi connectivity index (χ3v) is 4.21. The topological polar surface area (TPSA) is 102 Å². The van der Waals surface area contributed by atoms with E-state index in [9.17, 15) is 14.7 Å². The number of benzene rings is 2. The number of nitrogens with zero attached hydrogens (tertiary/aromatic N) is 1. The van der Waals surface area contributed by atoms with Crippen molar-refractivity contribution in [3.05, 3.63) is 65.2 Å². The first-order valence-corrected chi connectivity index (χ1v) is 8.95. The predicted molar refractivity (Wildman–Crippen MR) is 102 cm³/mol. The molecule has 2 aromatic rings. The van der Waals surface area contributed by atoms with E-state index < -0.39 is 6.04 Å². The Bertz CT molecular complexity index is 814. The standard InChI is InChI=1S/C20H20ClN3O3/c21-13-15-2-6-16(7-3-15)19(26)24-18(20(27)23-11-1-10-22)12-14-4-8-17(25)9-5-14/h2-9,18,25H,1,11-13H2,(H,23,27)(H,24,26). The van der Waals surface area contributed by atoms with E-state index in [1.165, 1.54) is 12.1 Å². The largest absolute Gasteiger partial charge is 0.508 e. The van der Waals surface area contributed by atoms with Crippen molar-refractivity contribution < 1.29 is 14.7 Å². The first kappa shape index (κ1) is 20.3. The highest BCUT2D eigenvalue weighted by atomic mass is 35.5. The van der Waals surface area contributed by atoms with Gasteiger partial charge in [-0.1, -0.05) is 24.3 Å². The van der Waals surface area contributed by atoms with E-state index in [1.807, 2.05) is 6.07 Å². The first-order valence-electron chi connectivity index (χ1n) is 8.42. The Balaban J connectivity index is 2.11. The lowest BCUT2D eigenvalue weighted by atomic mass is 10.0. The van der Waals surface area contributed by atoms with Crippen LogP contribution in [0.1, 0.15) is 27.9 Å². The van der Waals surface area contributed by atoms with Gasteiger partial charge in [-0.2, -0.15) is 5.26 Å². The number of nitrogens with one attached hydrogen (secondary N) is 2. The van der Waals surface area contributed by atoms with Gasteiger partial charge in [-0.05, 0) is 35.4 Å². The fraction of sp³-hybridized carbons (Fsp3) is 0.250. The van der Waals surface area contributed by atoms with Gasteiger partial charge in [0.25, 0.3) is 5.91 Å². The SMILES string of the molecule is N#CCCNC(=O)C(Cc1ccc(O)cc1)NC(=O)c1ccc(CCl)cc1. The molecule has 3 N–H and O–H groups in total. The summed E-state index contributed by atoms with van der Waals surface area (Å²) >= 11 is 5.75. The van der Waals surface area contributed by atoms with Crippen LogP contribution in [0.5, 0.6) is 5.75 Å². The molecular formula is C20H20ClN3O3. The second-order valence-corrected chi connectivity index (χ2v) is 6.19. The molecule has 27 heavy (non-hydrogen) atoms. The fourth-order valence-electron chi connectivity index (χ4n) is 2.43. The quantitative estimate of drug-likeness (QED) is 0.480. The van der Waals surface area contributed by atoms with Crippen LogP contribution in [0, 0.1) is 11.3 Å². The van der Waals surface area contributed by atoms with E-state index in [1.54, 1.807) is 36.4 Å². The van der Waals surface area contributed by atoms with E-state index in [-0.39, 0.29) is 37.0 Å². The molecule has 2 rings (SSSR count). The molecule has 0 aliphatic carbocycles. The maximum atomic E-state index is 12.5. The molecule has 0 bridgehead atoms. The van der Waals surface area contributed by atoms with Gasteiger partial charge in [-0.25, -0.2) is 0 Å². The molecule has 1 unspecified atom stereocenters. The van der Waals surface area contributed by atoms with Gasteiger partial charge < -0.3 is 15.7 Å². The highest BCUT2D eigenvalue weighted by Crippen LogP contribution is 2.12. The van der Waals surface area contributed by atoms with Gasteiger partial charge in [-0.15, -0.1) is 11.6 Å². The fourth-order valence-corrected chi connectivity index (χ4v) is 2.61. The number of rotatable bonds is 8. The van der Waals surface area contributed by atoms with Gasteiger partial charge in [0.1, 0.15) is 11.8 Å². The lowest BCUT2D eigenvalue weighted by Gasteiger charge is -2.18. The van der Waals surface area contributed by atoms with Crippen molar-refractivity contribution in [1.82, 2.24) is 10.6 Å². The van der Waals surface area contributed by atoms with Crippen molar-refractivity contribution in [1.29, 1.82) is 5.26 Å². The lowest BCUT2D eigenvalue weighted by Crippen LogP contribution is -2.48. The summed E-state index contributed by atoms with van der Waals surface area (Å²) in [5.41, 5.74) is 2.10. The van der Waals surface area contributed by atoms with Crippen LogP contribution in [0.4, 0.5) is 0 Å². The monoisotopic (exact) mass is 385 g/mol. The minimum Gasteiger partial charge on any atom is -0.508 e. The average molecular weight is 386 g/mol. The number of alkyl halides is 1. The summed E-state index contributed by atoms with van der Waals surface area (Å²) in [7, 11) is 0. The van der Waals surface area contributed by atoms with Crippen LogP contribution in [0.15, 0.2) is 48.5 Å². The zero-order valence-corrected chi connectivity index (χ0v) is 15.4. The van der Waals surface area contributed by atoms with E-state index >= 15 is 0 Å². The molecule has 0 aromatic heterocycles. The smallest absolute Gasteiger partial charge is 0.251 e. The minimum atomic E-state index is -0.812. The molecule has 140 valence electrons. The van der Waals surface area contributed by atoms with Crippen LogP contribution >= 0.6 is 11.6 Å². The minimum absolute atomic E-state index is 0.122.